The minimum atomic E-state index is -1.52. The summed E-state index contributed by atoms with van der Waals surface area (Å²) in [7, 11) is 0. The number of aliphatic hydroxyl groups excluding tert-OH is 4. The Morgan fingerprint density at radius 3 is 2.32 bits per heavy atom. The molecule has 9 heteroatoms. The molecule has 1 fully saturated rings. The Bertz CT molecular complexity index is 933. The van der Waals surface area contributed by atoms with Crippen LogP contribution < -0.4 is 5.56 Å². The summed E-state index contributed by atoms with van der Waals surface area (Å²) >= 11 is 0. The maximum atomic E-state index is 12.3. The summed E-state index contributed by atoms with van der Waals surface area (Å²) in [6.07, 6.45) is -6.50. The Balaban J connectivity index is 1.96. The molecule has 6 N–H and O–H groups in total. The van der Waals surface area contributed by atoms with Gasteiger partial charge in [0.1, 0.15) is 41.8 Å². The predicted octanol–water partition coefficient (Wildman–Crippen LogP) is -0.996. The van der Waals surface area contributed by atoms with E-state index >= 15 is 0 Å². The van der Waals surface area contributed by atoms with E-state index in [1.54, 1.807) is 18.2 Å². The lowest BCUT2D eigenvalue weighted by Crippen LogP contribution is -2.59. The number of aromatic nitrogens is 1. The SMILES string of the molecule is N#Cc1c(-c2ccc(O)cc2)cc(C[C@@H]2O[C@H](CO)[C@@H](O)[C@H](O)[C@H]2O)[nH]c1=O. The topological polar surface area (TPSA) is 167 Å². The van der Waals surface area contributed by atoms with Crippen LogP contribution in [0.2, 0.25) is 0 Å². The Labute approximate surface area is 159 Å². The van der Waals surface area contributed by atoms with Gasteiger partial charge in [0.05, 0.1) is 12.7 Å². The first kappa shape index (κ1) is 20.0. The number of hydrogen-bond acceptors (Lipinski definition) is 8. The van der Waals surface area contributed by atoms with Crippen LogP contribution in [0, 0.1) is 11.3 Å². The summed E-state index contributed by atoms with van der Waals surface area (Å²) in [6.45, 7) is -0.551. The molecule has 2 heterocycles. The highest BCUT2D eigenvalue weighted by atomic mass is 16.5. The summed E-state index contributed by atoms with van der Waals surface area (Å²) in [5.41, 5.74) is 0.466. The first-order valence-corrected chi connectivity index (χ1v) is 8.62. The number of phenolic OH excluding ortho intramolecular Hbond substituents is 1. The van der Waals surface area contributed by atoms with E-state index in [1.165, 1.54) is 12.1 Å². The van der Waals surface area contributed by atoms with E-state index in [1.807, 2.05) is 6.07 Å². The molecule has 1 aromatic carbocycles. The first-order chi connectivity index (χ1) is 13.3. The number of nitriles is 1. The fraction of sp³-hybridized carbons (Fsp3) is 0.368. The van der Waals surface area contributed by atoms with Crippen molar-refractivity contribution in [1.82, 2.24) is 4.98 Å². The van der Waals surface area contributed by atoms with Crippen LogP contribution in [0.1, 0.15) is 11.3 Å². The van der Waals surface area contributed by atoms with Gasteiger partial charge in [-0.25, -0.2) is 0 Å². The zero-order valence-electron chi connectivity index (χ0n) is 14.7. The zero-order chi connectivity index (χ0) is 20.4. The summed E-state index contributed by atoms with van der Waals surface area (Å²) in [5, 5.41) is 58.0. The van der Waals surface area contributed by atoms with E-state index in [9.17, 15) is 35.6 Å². The average Bonchev–Trinajstić information content (AvgIpc) is 2.68. The van der Waals surface area contributed by atoms with Crippen molar-refractivity contribution in [2.45, 2.75) is 36.9 Å². The molecule has 0 amide bonds. The number of hydrogen-bond donors (Lipinski definition) is 6. The number of aliphatic hydroxyl groups is 4. The second kappa shape index (κ2) is 8.10. The van der Waals surface area contributed by atoms with Gasteiger partial charge in [0.25, 0.3) is 5.56 Å². The molecule has 0 bridgehead atoms. The van der Waals surface area contributed by atoms with Crippen molar-refractivity contribution in [3.63, 3.8) is 0 Å². The number of H-pyrrole nitrogens is 1. The van der Waals surface area contributed by atoms with Crippen molar-refractivity contribution in [3.8, 4) is 22.9 Å². The second-order valence-electron chi connectivity index (χ2n) is 6.64. The van der Waals surface area contributed by atoms with Crippen LogP contribution >= 0.6 is 0 Å². The van der Waals surface area contributed by atoms with E-state index in [-0.39, 0.29) is 17.7 Å². The summed E-state index contributed by atoms with van der Waals surface area (Å²) in [4.78, 5) is 14.9. The molecule has 1 saturated heterocycles. The Hall–Kier alpha value is -2.74. The van der Waals surface area contributed by atoms with Gasteiger partial charge in [-0.2, -0.15) is 5.26 Å². The molecule has 5 atom stereocenters. The maximum absolute atomic E-state index is 12.3. The lowest BCUT2D eigenvalue weighted by molar-refractivity contribution is -0.228. The fourth-order valence-electron chi connectivity index (χ4n) is 3.27. The van der Waals surface area contributed by atoms with Crippen molar-refractivity contribution in [1.29, 1.82) is 5.26 Å². The molecule has 2 aromatic rings. The summed E-state index contributed by atoms with van der Waals surface area (Å²) < 4.78 is 5.46. The minimum Gasteiger partial charge on any atom is -0.508 e. The maximum Gasteiger partial charge on any atom is 0.266 e. The molecule has 0 radical (unpaired) electrons. The second-order valence-corrected chi connectivity index (χ2v) is 6.64. The van der Waals surface area contributed by atoms with Crippen LogP contribution in [-0.2, 0) is 11.2 Å². The molecule has 1 aliphatic heterocycles. The number of aromatic amines is 1. The van der Waals surface area contributed by atoms with Gasteiger partial charge in [-0.1, -0.05) is 12.1 Å². The van der Waals surface area contributed by atoms with E-state index in [0.717, 1.165) is 0 Å². The van der Waals surface area contributed by atoms with Crippen LogP contribution in [0.4, 0.5) is 0 Å². The summed E-state index contributed by atoms with van der Waals surface area (Å²) in [6, 6.07) is 9.37. The zero-order valence-corrected chi connectivity index (χ0v) is 14.7. The third-order valence-corrected chi connectivity index (χ3v) is 4.79. The van der Waals surface area contributed by atoms with E-state index < -0.39 is 42.7 Å². The van der Waals surface area contributed by atoms with Crippen LogP contribution in [0.25, 0.3) is 11.1 Å². The number of ether oxygens (including phenoxy) is 1. The van der Waals surface area contributed by atoms with Gasteiger partial charge < -0.3 is 35.3 Å². The predicted molar refractivity (Wildman–Crippen MR) is 96.3 cm³/mol. The number of rotatable bonds is 4. The van der Waals surface area contributed by atoms with Crippen LogP contribution in [0.15, 0.2) is 35.1 Å². The van der Waals surface area contributed by atoms with Gasteiger partial charge in [0.15, 0.2) is 0 Å². The van der Waals surface area contributed by atoms with Gasteiger partial charge in [-0.05, 0) is 23.8 Å². The van der Waals surface area contributed by atoms with Crippen LogP contribution in [-0.4, -0.2) is 67.6 Å². The number of pyridine rings is 1. The average molecular weight is 388 g/mol. The number of aromatic hydroxyl groups is 1. The monoisotopic (exact) mass is 388 g/mol. The van der Waals surface area contributed by atoms with Crippen molar-refractivity contribution in [3.05, 3.63) is 51.9 Å². The standard InChI is InChI=1S/C19H20N2O7/c20-7-13-12(9-1-3-11(23)4-2-9)5-10(21-19(13)27)6-14-16(24)18(26)17(25)15(8-22)28-14/h1-5,14-18,22-26H,6,8H2,(H,21,27)/t14-,15+,16-,17+,18+/m0/s1. The molecule has 1 aromatic heterocycles. The van der Waals surface area contributed by atoms with Crippen LogP contribution in [0.3, 0.4) is 0 Å². The lowest BCUT2D eigenvalue weighted by atomic mass is 9.92. The first-order valence-electron chi connectivity index (χ1n) is 8.62. The molecule has 0 unspecified atom stereocenters. The van der Waals surface area contributed by atoms with Gasteiger partial charge in [-0.15, -0.1) is 0 Å². The third kappa shape index (κ3) is 3.77. The quantitative estimate of drug-likeness (QED) is 0.388. The van der Waals surface area contributed by atoms with Crippen molar-refractivity contribution in [2.24, 2.45) is 0 Å². The molecule has 0 spiro atoms. The number of nitrogens with one attached hydrogen (secondary N) is 1. The molecule has 0 saturated carbocycles. The third-order valence-electron chi connectivity index (χ3n) is 4.79. The number of phenols is 1. The Morgan fingerprint density at radius 2 is 1.71 bits per heavy atom. The van der Waals surface area contributed by atoms with Crippen LogP contribution in [0.5, 0.6) is 5.75 Å². The number of benzene rings is 1. The molecule has 9 nitrogen and oxygen atoms in total. The fourth-order valence-corrected chi connectivity index (χ4v) is 3.27. The van der Waals surface area contributed by atoms with E-state index in [0.29, 0.717) is 16.8 Å². The highest BCUT2D eigenvalue weighted by Crippen LogP contribution is 2.27. The van der Waals surface area contributed by atoms with Gasteiger partial charge in [-0.3, -0.25) is 4.79 Å². The Kier molecular flexibility index (Phi) is 5.79. The highest BCUT2D eigenvalue weighted by Gasteiger charge is 2.43. The molecular weight excluding hydrogens is 368 g/mol. The van der Waals surface area contributed by atoms with Crippen molar-refractivity contribution < 1.29 is 30.3 Å². The van der Waals surface area contributed by atoms with Gasteiger partial charge in [0.2, 0.25) is 0 Å². The molecule has 28 heavy (non-hydrogen) atoms. The Morgan fingerprint density at radius 1 is 1.07 bits per heavy atom. The largest absolute Gasteiger partial charge is 0.508 e. The van der Waals surface area contributed by atoms with Gasteiger partial charge in [0, 0.05) is 17.7 Å². The van der Waals surface area contributed by atoms with Crippen molar-refractivity contribution >= 4 is 0 Å². The van der Waals surface area contributed by atoms with Gasteiger partial charge >= 0.3 is 0 Å². The number of nitrogens with zero attached hydrogens (tertiary/aromatic N) is 1. The van der Waals surface area contributed by atoms with Crippen molar-refractivity contribution in [2.75, 3.05) is 6.61 Å². The molecule has 0 aliphatic carbocycles. The molecule has 1 aliphatic rings. The van der Waals surface area contributed by atoms with E-state index in [4.69, 9.17) is 4.74 Å². The molecule has 3 rings (SSSR count). The lowest BCUT2D eigenvalue weighted by Gasteiger charge is -2.40. The van der Waals surface area contributed by atoms with E-state index in [2.05, 4.69) is 4.98 Å². The summed E-state index contributed by atoms with van der Waals surface area (Å²) in [5.74, 6) is 0.0358. The molecule has 148 valence electrons. The molecular formula is C19H20N2O7. The smallest absolute Gasteiger partial charge is 0.266 e. The minimum absolute atomic E-state index is 0.0342. The normalized spacial score (nSPS) is 27.3. The highest BCUT2D eigenvalue weighted by molar-refractivity contribution is 5.70.